The molecular formula is C30H56NPTi. The summed E-state index contributed by atoms with van der Waals surface area (Å²) >= 11 is 0. The molecule has 0 spiro atoms. The molecule has 1 aliphatic rings. The van der Waals surface area contributed by atoms with Gasteiger partial charge in [0.15, 0.2) is 0 Å². The molecule has 0 atom stereocenters. The van der Waals surface area contributed by atoms with Gasteiger partial charge in [0, 0.05) is 33.8 Å². The molecule has 1 nitrogen and oxygen atoms in total. The first-order valence-corrected chi connectivity index (χ1v) is 14.9. The van der Waals surface area contributed by atoms with Gasteiger partial charge in [0.2, 0.25) is 0 Å². The Kier molecular flexibility index (Phi) is 16.1. The summed E-state index contributed by atoms with van der Waals surface area (Å²) in [5, 5.41) is 0. The van der Waals surface area contributed by atoms with E-state index in [1.54, 1.807) is 0 Å². The standard InChI is InChI=1S/C23H44NP.C7H12.Ti/c1-21(2,3)14-17-25(18-15-22(4,5)6,19-16-23(7,8)9)24-20-12-10-11-13-20;1-5-7(4)6(2)3;/h10-12H,13-19H2,1-9H3;5H,2H2,1,3-4H3;. The second-order valence-electron chi connectivity index (χ2n) is 13.3. The van der Waals surface area contributed by atoms with Crippen molar-refractivity contribution >= 4 is 7.05 Å². The second kappa shape index (κ2) is 15.1. The molecule has 0 fully saturated rings. The largest absolute Gasteiger partial charge is 0.272 e. The van der Waals surface area contributed by atoms with E-state index in [9.17, 15) is 0 Å². The minimum Gasteiger partial charge on any atom is -0.272 e. The molecule has 0 heterocycles. The number of nitrogens with zero attached hydrogens (tertiary/aromatic N) is 1. The van der Waals surface area contributed by atoms with Crippen LogP contribution < -0.4 is 0 Å². The molecular weight excluding hydrogens is 453 g/mol. The van der Waals surface area contributed by atoms with Crippen LogP contribution in [0.25, 0.3) is 0 Å². The molecule has 1 aliphatic carbocycles. The van der Waals surface area contributed by atoms with Crippen LogP contribution in [0.1, 0.15) is 109 Å². The van der Waals surface area contributed by atoms with E-state index in [1.807, 2.05) is 13.8 Å². The molecule has 0 N–H and O–H groups in total. The fourth-order valence-corrected chi connectivity index (χ4v) is 8.07. The van der Waals surface area contributed by atoms with Crippen molar-refractivity contribution in [3.8, 4) is 0 Å². The zero-order valence-electron chi connectivity index (χ0n) is 24.4. The van der Waals surface area contributed by atoms with Crippen LogP contribution in [0.4, 0.5) is 0 Å². The van der Waals surface area contributed by atoms with Gasteiger partial charge in [-0.25, -0.2) is 0 Å². The normalized spacial score (nSPS) is 14.8. The summed E-state index contributed by atoms with van der Waals surface area (Å²) < 4.78 is 5.53. The van der Waals surface area contributed by atoms with E-state index in [0.717, 1.165) is 12.0 Å². The first-order chi connectivity index (χ1) is 14.4. The zero-order valence-corrected chi connectivity index (χ0v) is 26.8. The number of allylic oxidation sites excluding steroid dienone is 6. The summed E-state index contributed by atoms with van der Waals surface area (Å²) in [4.78, 5) is 0. The molecule has 0 aromatic rings. The average molecular weight is 510 g/mol. The van der Waals surface area contributed by atoms with Crippen LogP contribution in [0, 0.1) is 16.2 Å². The summed E-state index contributed by atoms with van der Waals surface area (Å²) in [6.07, 6.45) is 17.6. The third-order valence-corrected chi connectivity index (χ3v) is 9.88. The van der Waals surface area contributed by atoms with E-state index >= 15 is 0 Å². The van der Waals surface area contributed by atoms with Crippen LogP contribution >= 0.6 is 7.05 Å². The molecule has 0 amide bonds. The van der Waals surface area contributed by atoms with E-state index in [0.29, 0.717) is 16.2 Å². The van der Waals surface area contributed by atoms with Gasteiger partial charge in [0.1, 0.15) is 0 Å². The van der Waals surface area contributed by atoms with Gasteiger partial charge in [0.05, 0.1) is 0 Å². The van der Waals surface area contributed by atoms with Crippen molar-refractivity contribution in [1.82, 2.24) is 0 Å². The first-order valence-electron chi connectivity index (χ1n) is 12.6. The van der Waals surface area contributed by atoms with E-state index in [-0.39, 0.29) is 21.7 Å². The average Bonchev–Trinajstić information content (AvgIpc) is 3.13. The van der Waals surface area contributed by atoms with E-state index in [4.69, 9.17) is 4.74 Å². The maximum atomic E-state index is 5.53. The van der Waals surface area contributed by atoms with Crippen molar-refractivity contribution < 1.29 is 21.7 Å². The Morgan fingerprint density at radius 1 is 0.879 bits per heavy atom. The van der Waals surface area contributed by atoms with Gasteiger partial charge in [0.25, 0.3) is 0 Å². The number of rotatable bonds is 8. The maximum absolute atomic E-state index is 5.53. The van der Waals surface area contributed by atoms with Crippen LogP contribution in [0.2, 0.25) is 0 Å². The Labute approximate surface area is 224 Å². The number of hydrogen-bond acceptors (Lipinski definition) is 1. The van der Waals surface area contributed by atoms with Crippen molar-refractivity contribution in [2.45, 2.75) is 109 Å². The van der Waals surface area contributed by atoms with Gasteiger partial charge in [-0.1, -0.05) is 98.3 Å². The molecule has 190 valence electrons. The Bertz CT molecular complexity index is 678. The summed E-state index contributed by atoms with van der Waals surface area (Å²) in [7, 11) is -1.32. The molecule has 0 bridgehead atoms. The van der Waals surface area contributed by atoms with E-state index in [2.05, 4.69) is 100 Å². The minimum atomic E-state index is -1.32. The molecule has 0 saturated heterocycles. The topological polar surface area (TPSA) is 12.4 Å². The summed E-state index contributed by atoms with van der Waals surface area (Å²) in [6, 6.07) is 0. The summed E-state index contributed by atoms with van der Waals surface area (Å²) in [6.45, 7) is 31.3. The van der Waals surface area contributed by atoms with Crippen LogP contribution in [-0.4, -0.2) is 18.5 Å². The Morgan fingerprint density at radius 2 is 1.27 bits per heavy atom. The van der Waals surface area contributed by atoms with Crippen LogP contribution in [0.3, 0.4) is 0 Å². The SMILES string of the molecule is C=C(C)C(C)=CC.CC(C)(C)CCP(CCC(C)(C)C)(CCC(C)(C)C)=NC1=CC=CC1.[Ti]. The van der Waals surface area contributed by atoms with Gasteiger partial charge < -0.3 is 0 Å². The molecule has 0 saturated carbocycles. The molecule has 3 heteroatoms. The quantitative estimate of drug-likeness (QED) is 0.175. The van der Waals surface area contributed by atoms with Gasteiger partial charge >= 0.3 is 0 Å². The van der Waals surface area contributed by atoms with Crippen LogP contribution in [0.15, 0.2) is 52.5 Å². The Balaban J connectivity index is 0. The van der Waals surface area contributed by atoms with Gasteiger partial charge in [-0.2, -0.15) is 0 Å². The Hall–Kier alpha value is -0.0957. The molecule has 1 rings (SSSR count). The first kappa shape index (κ1) is 35.1. The van der Waals surface area contributed by atoms with Gasteiger partial charge in [-0.3, -0.25) is 4.74 Å². The van der Waals surface area contributed by atoms with E-state index in [1.165, 1.54) is 49.0 Å². The van der Waals surface area contributed by atoms with Gasteiger partial charge in [-0.05, 0) is 87.9 Å². The molecule has 33 heavy (non-hydrogen) atoms. The number of hydrogen-bond donors (Lipinski definition) is 0. The molecule has 0 radical (unpaired) electrons. The summed E-state index contributed by atoms with van der Waals surface area (Å²) in [5.74, 6) is 0. The maximum Gasteiger partial charge on any atom is 0.0425 e. The van der Waals surface area contributed by atoms with Crippen molar-refractivity contribution in [1.29, 1.82) is 0 Å². The molecule has 0 aliphatic heterocycles. The monoisotopic (exact) mass is 509 g/mol. The second-order valence-corrected chi connectivity index (χ2v) is 17.1. The molecule has 0 aromatic heterocycles. The third kappa shape index (κ3) is 18.9. The predicted molar refractivity (Wildman–Crippen MR) is 152 cm³/mol. The smallest absolute Gasteiger partial charge is 0.0425 e. The van der Waals surface area contributed by atoms with Crippen molar-refractivity contribution in [2.75, 3.05) is 18.5 Å². The zero-order chi connectivity index (χ0) is 25.2. The van der Waals surface area contributed by atoms with Crippen LogP contribution in [-0.2, 0) is 21.7 Å². The van der Waals surface area contributed by atoms with Crippen molar-refractivity contribution in [2.24, 2.45) is 21.0 Å². The van der Waals surface area contributed by atoms with Crippen molar-refractivity contribution in [3.05, 3.63) is 47.7 Å². The minimum absolute atomic E-state index is 0. The van der Waals surface area contributed by atoms with Gasteiger partial charge in [-0.15, -0.1) is 0 Å². The van der Waals surface area contributed by atoms with Crippen LogP contribution in [0.5, 0.6) is 0 Å². The fourth-order valence-electron chi connectivity index (χ4n) is 3.14. The molecule has 0 aromatic carbocycles. The predicted octanol–water partition coefficient (Wildman–Crippen LogP) is 10.9. The van der Waals surface area contributed by atoms with E-state index < -0.39 is 7.05 Å². The Morgan fingerprint density at radius 3 is 1.48 bits per heavy atom. The summed E-state index contributed by atoms with van der Waals surface area (Å²) in [5.41, 5.74) is 4.96. The van der Waals surface area contributed by atoms with Crippen molar-refractivity contribution in [3.63, 3.8) is 0 Å². The fraction of sp³-hybridized carbons (Fsp3) is 0.733. The molecule has 0 unspecified atom stereocenters. The third-order valence-electron chi connectivity index (χ3n) is 6.03.